The third-order valence-electron chi connectivity index (χ3n) is 2.67. The van der Waals surface area contributed by atoms with Gasteiger partial charge in [-0.15, -0.1) is 0 Å². The standard InChI is InChI=1S/C13H11ClO3/c1-7-5-11(14)9-4-3-8(13(16)17-2)6-10(9)12(7)15/h3-6,15H,1-2H3. The first-order valence-electron chi connectivity index (χ1n) is 5.04. The van der Waals surface area contributed by atoms with Gasteiger partial charge in [-0.3, -0.25) is 0 Å². The fourth-order valence-electron chi connectivity index (χ4n) is 1.74. The summed E-state index contributed by atoms with van der Waals surface area (Å²) in [5, 5.41) is 11.8. The lowest BCUT2D eigenvalue weighted by Gasteiger charge is -2.08. The van der Waals surface area contributed by atoms with Crippen molar-refractivity contribution >= 4 is 28.3 Å². The van der Waals surface area contributed by atoms with E-state index in [1.165, 1.54) is 7.11 Å². The van der Waals surface area contributed by atoms with E-state index < -0.39 is 5.97 Å². The third-order valence-corrected chi connectivity index (χ3v) is 2.98. The molecule has 0 saturated heterocycles. The quantitative estimate of drug-likeness (QED) is 0.790. The van der Waals surface area contributed by atoms with E-state index in [2.05, 4.69) is 4.74 Å². The predicted molar refractivity (Wildman–Crippen MR) is 66.7 cm³/mol. The first kappa shape index (κ1) is 11.7. The number of rotatable bonds is 1. The van der Waals surface area contributed by atoms with Crippen LogP contribution in [0.1, 0.15) is 15.9 Å². The Balaban J connectivity index is 2.76. The number of carbonyl (C=O) groups excluding carboxylic acids is 1. The molecule has 0 aliphatic heterocycles. The van der Waals surface area contributed by atoms with Gasteiger partial charge in [0.15, 0.2) is 0 Å². The molecule has 2 rings (SSSR count). The number of phenolic OH excluding ortho intramolecular Hbond substituents is 1. The van der Waals surface area contributed by atoms with Crippen molar-refractivity contribution in [1.29, 1.82) is 0 Å². The molecule has 17 heavy (non-hydrogen) atoms. The fraction of sp³-hybridized carbons (Fsp3) is 0.154. The van der Waals surface area contributed by atoms with Crippen molar-refractivity contribution in [2.45, 2.75) is 6.92 Å². The first-order chi connectivity index (χ1) is 8.04. The minimum Gasteiger partial charge on any atom is -0.507 e. The summed E-state index contributed by atoms with van der Waals surface area (Å²) in [6.45, 7) is 1.76. The van der Waals surface area contributed by atoms with Crippen molar-refractivity contribution in [2.75, 3.05) is 7.11 Å². The van der Waals surface area contributed by atoms with E-state index >= 15 is 0 Å². The zero-order valence-electron chi connectivity index (χ0n) is 9.45. The SMILES string of the molecule is COC(=O)c1ccc2c(Cl)cc(C)c(O)c2c1. The molecule has 2 aromatic rings. The molecule has 0 bridgehead atoms. The van der Waals surface area contributed by atoms with Gasteiger partial charge >= 0.3 is 5.97 Å². The molecule has 0 aliphatic rings. The highest BCUT2D eigenvalue weighted by Gasteiger charge is 2.11. The smallest absolute Gasteiger partial charge is 0.337 e. The van der Waals surface area contributed by atoms with Crippen molar-refractivity contribution in [3.05, 3.63) is 40.4 Å². The Morgan fingerprint density at radius 1 is 1.29 bits per heavy atom. The molecule has 0 unspecified atom stereocenters. The third kappa shape index (κ3) is 1.94. The Kier molecular flexibility index (Phi) is 2.94. The van der Waals surface area contributed by atoms with Gasteiger partial charge in [0.25, 0.3) is 0 Å². The summed E-state index contributed by atoms with van der Waals surface area (Å²) >= 11 is 6.07. The monoisotopic (exact) mass is 250 g/mol. The second-order valence-electron chi connectivity index (χ2n) is 3.78. The zero-order chi connectivity index (χ0) is 12.6. The van der Waals surface area contributed by atoms with Gasteiger partial charge in [-0.1, -0.05) is 17.7 Å². The minimum absolute atomic E-state index is 0.134. The van der Waals surface area contributed by atoms with Crippen LogP contribution in [-0.4, -0.2) is 18.2 Å². The molecule has 0 radical (unpaired) electrons. The van der Waals surface area contributed by atoms with Gasteiger partial charge in [0.2, 0.25) is 0 Å². The highest BCUT2D eigenvalue weighted by atomic mass is 35.5. The molecule has 88 valence electrons. The van der Waals surface area contributed by atoms with E-state index in [0.717, 1.165) is 0 Å². The lowest BCUT2D eigenvalue weighted by Crippen LogP contribution is -2.00. The van der Waals surface area contributed by atoms with Crippen molar-refractivity contribution in [1.82, 2.24) is 0 Å². The van der Waals surface area contributed by atoms with Crippen LogP contribution in [0.2, 0.25) is 5.02 Å². The Morgan fingerprint density at radius 3 is 2.65 bits per heavy atom. The number of fused-ring (bicyclic) bond motifs is 1. The lowest BCUT2D eigenvalue weighted by atomic mass is 10.0. The van der Waals surface area contributed by atoms with Gasteiger partial charge in [0.05, 0.1) is 12.7 Å². The topological polar surface area (TPSA) is 46.5 Å². The van der Waals surface area contributed by atoms with E-state index in [-0.39, 0.29) is 5.75 Å². The van der Waals surface area contributed by atoms with Crippen LogP contribution in [0.25, 0.3) is 10.8 Å². The number of esters is 1. The van der Waals surface area contributed by atoms with Gasteiger partial charge in [-0.25, -0.2) is 4.79 Å². The maximum absolute atomic E-state index is 11.4. The van der Waals surface area contributed by atoms with E-state index in [1.54, 1.807) is 31.2 Å². The van der Waals surface area contributed by atoms with Crippen molar-refractivity contribution < 1.29 is 14.6 Å². The Hall–Kier alpha value is -1.74. The second-order valence-corrected chi connectivity index (χ2v) is 4.18. The predicted octanol–water partition coefficient (Wildman–Crippen LogP) is 3.29. The summed E-state index contributed by atoms with van der Waals surface area (Å²) in [7, 11) is 1.32. The largest absolute Gasteiger partial charge is 0.507 e. The number of aromatic hydroxyl groups is 1. The zero-order valence-corrected chi connectivity index (χ0v) is 10.2. The van der Waals surface area contributed by atoms with E-state index in [0.29, 0.717) is 26.9 Å². The van der Waals surface area contributed by atoms with Crippen LogP contribution in [0.3, 0.4) is 0 Å². The number of aryl methyl sites for hydroxylation is 1. The lowest BCUT2D eigenvalue weighted by molar-refractivity contribution is 0.0601. The number of carbonyl (C=O) groups is 1. The molecule has 0 aromatic heterocycles. The van der Waals surface area contributed by atoms with Crippen LogP contribution in [0, 0.1) is 6.92 Å². The van der Waals surface area contributed by atoms with Crippen LogP contribution in [0.15, 0.2) is 24.3 Å². The van der Waals surface area contributed by atoms with Gasteiger partial charge < -0.3 is 9.84 Å². The van der Waals surface area contributed by atoms with Crippen LogP contribution >= 0.6 is 11.6 Å². The van der Waals surface area contributed by atoms with Crippen LogP contribution in [0.5, 0.6) is 5.75 Å². The normalized spacial score (nSPS) is 10.5. The Bertz CT molecular complexity index is 605. The summed E-state index contributed by atoms with van der Waals surface area (Å²) in [4.78, 5) is 11.4. The second kappa shape index (κ2) is 4.26. The van der Waals surface area contributed by atoms with Crippen molar-refractivity contribution in [2.24, 2.45) is 0 Å². The summed E-state index contributed by atoms with van der Waals surface area (Å²) in [6.07, 6.45) is 0. The number of ether oxygens (including phenoxy) is 1. The van der Waals surface area contributed by atoms with Crippen LogP contribution in [-0.2, 0) is 4.74 Å². The molecule has 0 fully saturated rings. The molecular weight excluding hydrogens is 240 g/mol. The number of hydrogen-bond acceptors (Lipinski definition) is 3. The maximum atomic E-state index is 11.4. The Labute approximate surface area is 104 Å². The molecule has 0 atom stereocenters. The molecule has 1 N–H and O–H groups in total. The molecule has 3 nitrogen and oxygen atoms in total. The molecule has 0 amide bonds. The summed E-state index contributed by atoms with van der Waals surface area (Å²) in [6, 6.07) is 6.59. The average Bonchev–Trinajstić information content (AvgIpc) is 2.34. The van der Waals surface area contributed by atoms with Crippen molar-refractivity contribution in [3.63, 3.8) is 0 Å². The molecule has 0 spiro atoms. The minimum atomic E-state index is -0.441. The maximum Gasteiger partial charge on any atom is 0.337 e. The van der Waals surface area contributed by atoms with Crippen LogP contribution in [0.4, 0.5) is 0 Å². The highest BCUT2D eigenvalue weighted by Crippen LogP contribution is 2.34. The Morgan fingerprint density at radius 2 is 2.00 bits per heavy atom. The fourth-order valence-corrected chi connectivity index (χ4v) is 2.07. The molecule has 0 heterocycles. The molecule has 4 heteroatoms. The van der Waals surface area contributed by atoms with E-state index in [9.17, 15) is 9.90 Å². The van der Waals surface area contributed by atoms with Gasteiger partial charge in [-0.05, 0) is 30.7 Å². The number of benzene rings is 2. The van der Waals surface area contributed by atoms with E-state index in [1.807, 2.05) is 0 Å². The highest BCUT2D eigenvalue weighted by molar-refractivity contribution is 6.36. The first-order valence-corrected chi connectivity index (χ1v) is 5.42. The van der Waals surface area contributed by atoms with Crippen molar-refractivity contribution in [3.8, 4) is 5.75 Å². The molecule has 0 aliphatic carbocycles. The molecular formula is C13H11ClO3. The summed E-state index contributed by atoms with van der Waals surface area (Å²) in [5.41, 5.74) is 1.06. The number of phenols is 1. The van der Waals surface area contributed by atoms with Gasteiger partial charge in [0.1, 0.15) is 5.75 Å². The average molecular weight is 251 g/mol. The van der Waals surface area contributed by atoms with E-state index in [4.69, 9.17) is 11.6 Å². The van der Waals surface area contributed by atoms with Crippen LogP contribution < -0.4 is 0 Å². The summed E-state index contributed by atoms with van der Waals surface area (Å²) < 4.78 is 4.63. The number of halogens is 1. The number of hydrogen-bond donors (Lipinski definition) is 1. The number of methoxy groups -OCH3 is 1. The van der Waals surface area contributed by atoms with Gasteiger partial charge in [-0.2, -0.15) is 0 Å². The molecule has 0 saturated carbocycles. The molecule has 2 aromatic carbocycles. The van der Waals surface area contributed by atoms with Gasteiger partial charge in [0, 0.05) is 15.8 Å². The summed E-state index contributed by atoms with van der Waals surface area (Å²) in [5.74, 6) is -0.306.